The molecule has 1 fully saturated rings. The third-order valence-electron chi connectivity index (χ3n) is 3.52. The maximum Gasteiger partial charge on any atom is 0.211 e. The number of piperazine rings is 1. The molecule has 0 amide bonds. The minimum Gasteiger partial charge on any atom is -0.453 e. The van der Waals surface area contributed by atoms with E-state index in [1.165, 1.54) is 5.56 Å². The second kappa shape index (κ2) is 5.15. The maximum atomic E-state index is 12.2. The van der Waals surface area contributed by atoms with Gasteiger partial charge in [0, 0.05) is 31.6 Å². The molecule has 3 rings (SSSR count). The molecule has 0 spiro atoms. The Morgan fingerprint density at radius 3 is 2.89 bits per heavy atom. The summed E-state index contributed by atoms with van der Waals surface area (Å²) in [5.41, 5.74) is 1.96. The molecule has 0 atom stereocenters. The Labute approximate surface area is 112 Å². The molecule has 4 nitrogen and oxygen atoms in total. The second-order valence-electron chi connectivity index (χ2n) is 5.10. The summed E-state index contributed by atoms with van der Waals surface area (Å²) >= 11 is 0. The zero-order valence-corrected chi connectivity index (χ0v) is 11.1. The second-order valence-corrected chi connectivity index (χ2v) is 5.10. The monoisotopic (exact) mass is 258 g/mol. The lowest BCUT2D eigenvalue weighted by atomic mass is 10.2. The van der Waals surface area contributed by atoms with Crippen molar-refractivity contribution in [2.75, 3.05) is 32.7 Å². The Hall–Kier alpha value is -1.65. The van der Waals surface area contributed by atoms with E-state index in [9.17, 15) is 4.79 Å². The van der Waals surface area contributed by atoms with Gasteiger partial charge in [-0.25, -0.2) is 0 Å². The number of ketones is 1. The summed E-state index contributed by atoms with van der Waals surface area (Å²) in [6.07, 6.45) is 0. The Morgan fingerprint density at radius 2 is 2.11 bits per heavy atom. The predicted molar refractivity (Wildman–Crippen MR) is 74.6 cm³/mol. The van der Waals surface area contributed by atoms with Crippen LogP contribution in [0, 0.1) is 6.92 Å². The first-order valence-electron chi connectivity index (χ1n) is 6.69. The highest BCUT2D eigenvalue weighted by molar-refractivity contribution is 5.98. The summed E-state index contributed by atoms with van der Waals surface area (Å²) in [5.74, 6) is 0.537. The fourth-order valence-electron chi connectivity index (χ4n) is 2.45. The summed E-state index contributed by atoms with van der Waals surface area (Å²) in [6.45, 7) is 6.23. The standard InChI is InChI=1S/C15H18N2O2/c1-11-2-3-14-12(8-11)9-15(19-14)13(18)10-17-6-4-16-5-7-17/h2-3,8-9,16H,4-7,10H2,1H3. The fraction of sp³-hybridized carbons (Fsp3) is 0.400. The van der Waals surface area contributed by atoms with Gasteiger partial charge in [-0.05, 0) is 25.1 Å². The van der Waals surface area contributed by atoms with Crippen LogP contribution in [0.25, 0.3) is 11.0 Å². The molecule has 2 aromatic rings. The van der Waals surface area contributed by atoms with E-state index in [2.05, 4.69) is 10.2 Å². The number of aryl methyl sites for hydroxylation is 1. The van der Waals surface area contributed by atoms with E-state index in [0.29, 0.717) is 12.3 Å². The van der Waals surface area contributed by atoms with Crippen molar-refractivity contribution >= 4 is 16.8 Å². The third-order valence-corrected chi connectivity index (χ3v) is 3.52. The summed E-state index contributed by atoms with van der Waals surface area (Å²) in [4.78, 5) is 14.4. The molecule has 0 saturated carbocycles. The molecule has 19 heavy (non-hydrogen) atoms. The van der Waals surface area contributed by atoms with Crippen molar-refractivity contribution in [2.45, 2.75) is 6.92 Å². The van der Waals surface area contributed by atoms with Crippen molar-refractivity contribution in [3.63, 3.8) is 0 Å². The van der Waals surface area contributed by atoms with E-state index in [1.807, 2.05) is 31.2 Å². The number of nitrogens with zero attached hydrogens (tertiary/aromatic N) is 1. The molecule has 1 aromatic carbocycles. The van der Waals surface area contributed by atoms with Gasteiger partial charge >= 0.3 is 0 Å². The Kier molecular flexibility index (Phi) is 3.36. The molecule has 1 N–H and O–H groups in total. The smallest absolute Gasteiger partial charge is 0.211 e. The van der Waals surface area contributed by atoms with Crippen molar-refractivity contribution in [2.24, 2.45) is 0 Å². The van der Waals surface area contributed by atoms with Crippen LogP contribution in [0.2, 0.25) is 0 Å². The molecule has 100 valence electrons. The minimum atomic E-state index is 0.0655. The van der Waals surface area contributed by atoms with Crippen molar-refractivity contribution in [3.05, 3.63) is 35.6 Å². The zero-order valence-electron chi connectivity index (χ0n) is 11.1. The molecule has 2 heterocycles. The Balaban J connectivity index is 1.77. The largest absolute Gasteiger partial charge is 0.453 e. The number of carbonyl (C=O) groups excluding carboxylic acids is 1. The number of carbonyl (C=O) groups is 1. The Bertz CT molecular complexity index is 597. The number of hydrogen-bond donors (Lipinski definition) is 1. The van der Waals surface area contributed by atoms with E-state index in [1.54, 1.807) is 0 Å². The van der Waals surface area contributed by atoms with Crippen molar-refractivity contribution in [1.29, 1.82) is 0 Å². The number of nitrogens with one attached hydrogen (secondary N) is 1. The molecule has 0 aliphatic carbocycles. The fourth-order valence-corrected chi connectivity index (χ4v) is 2.45. The quantitative estimate of drug-likeness (QED) is 0.853. The molecular weight excluding hydrogens is 240 g/mol. The molecule has 1 aromatic heterocycles. The minimum absolute atomic E-state index is 0.0655. The number of rotatable bonds is 3. The van der Waals surface area contributed by atoms with Crippen molar-refractivity contribution in [1.82, 2.24) is 10.2 Å². The van der Waals surface area contributed by atoms with Gasteiger partial charge in [0.15, 0.2) is 5.76 Å². The number of fused-ring (bicyclic) bond motifs is 1. The summed E-state index contributed by atoms with van der Waals surface area (Å²) in [7, 11) is 0. The summed E-state index contributed by atoms with van der Waals surface area (Å²) < 4.78 is 5.63. The highest BCUT2D eigenvalue weighted by Crippen LogP contribution is 2.21. The van der Waals surface area contributed by atoms with Crippen molar-refractivity contribution < 1.29 is 9.21 Å². The van der Waals surface area contributed by atoms with Gasteiger partial charge in [0.1, 0.15) is 5.58 Å². The van der Waals surface area contributed by atoms with E-state index < -0.39 is 0 Å². The molecule has 0 radical (unpaired) electrons. The van der Waals surface area contributed by atoms with Gasteiger partial charge in [0.2, 0.25) is 5.78 Å². The first kappa shape index (κ1) is 12.4. The van der Waals surface area contributed by atoms with Gasteiger partial charge in [-0.3, -0.25) is 9.69 Å². The van der Waals surface area contributed by atoms with Gasteiger partial charge in [0.25, 0.3) is 0 Å². The number of hydrogen-bond acceptors (Lipinski definition) is 4. The van der Waals surface area contributed by atoms with Crippen LogP contribution in [0.15, 0.2) is 28.7 Å². The first-order chi connectivity index (χ1) is 9.22. The predicted octanol–water partition coefficient (Wildman–Crippen LogP) is 1.83. The van der Waals surface area contributed by atoms with E-state index in [-0.39, 0.29) is 5.78 Å². The number of furan rings is 1. The normalized spacial score (nSPS) is 16.9. The lowest BCUT2D eigenvalue weighted by Crippen LogP contribution is -2.45. The van der Waals surface area contributed by atoms with Crippen LogP contribution in [0.1, 0.15) is 16.1 Å². The average molecular weight is 258 g/mol. The third kappa shape index (κ3) is 2.69. The highest BCUT2D eigenvalue weighted by atomic mass is 16.3. The molecule has 0 unspecified atom stereocenters. The van der Waals surface area contributed by atoms with E-state index >= 15 is 0 Å². The van der Waals surface area contributed by atoms with Crippen LogP contribution in [0.3, 0.4) is 0 Å². The zero-order chi connectivity index (χ0) is 13.2. The van der Waals surface area contributed by atoms with Crippen LogP contribution in [-0.2, 0) is 0 Å². The number of Topliss-reactive ketones (excluding diaryl/α,β-unsaturated/α-hetero) is 1. The first-order valence-corrected chi connectivity index (χ1v) is 6.69. The molecule has 1 aliphatic rings. The lowest BCUT2D eigenvalue weighted by Gasteiger charge is -2.25. The molecule has 4 heteroatoms. The van der Waals surface area contributed by atoms with Crippen LogP contribution in [0.5, 0.6) is 0 Å². The van der Waals surface area contributed by atoms with E-state index in [0.717, 1.165) is 37.1 Å². The lowest BCUT2D eigenvalue weighted by molar-refractivity contribution is 0.0896. The van der Waals surface area contributed by atoms with Crippen LogP contribution >= 0.6 is 0 Å². The van der Waals surface area contributed by atoms with Gasteiger partial charge in [-0.1, -0.05) is 11.6 Å². The average Bonchev–Trinajstić information content (AvgIpc) is 2.83. The van der Waals surface area contributed by atoms with Crippen LogP contribution in [-0.4, -0.2) is 43.4 Å². The SMILES string of the molecule is Cc1ccc2oc(C(=O)CN3CCNCC3)cc2c1. The maximum absolute atomic E-state index is 12.2. The van der Waals surface area contributed by atoms with E-state index in [4.69, 9.17) is 4.42 Å². The van der Waals surface area contributed by atoms with Crippen molar-refractivity contribution in [3.8, 4) is 0 Å². The van der Waals surface area contributed by atoms with Crippen LogP contribution in [0.4, 0.5) is 0 Å². The van der Waals surface area contributed by atoms with Gasteiger partial charge in [0.05, 0.1) is 6.54 Å². The van der Waals surface area contributed by atoms with Gasteiger partial charge < -0.3 is 9.73 Å². The summed E-state index contributed by atoms with van der Waals surface area (Å²) in [5, 5.41) is 4.28. The summed E-state index contributed by atoms with van der Waals surface area (Å²) in [6, 6.07) is 7.82. The number of benzene rings is 1. The van der Waals surface area contributed by atoms with Gasteiger partial charge in [-0.15, -0.1) is 0 Å². The van der Waals surface area contributed by atoms with Gasteiger partial charge in [-0.2, -0.15) is 0 Å². The molecule has 0 bridgehead atoms. The Morgan fingerprint density at radius 1 is 1.32 bits per heavy atom. The molecule has 1 aliphatic heterocycles. The molecular formula is C15H18N2O2. The molecule has 1 saturated heterocycles. The highest BCUT2D eigenvalue weighted by Gasteiger charge is 2.17. The topological polar surface area (TPSA) is 45.5 Å². The van der Waals surface area contributed by atoms with Crippen LogP contribution < -0.4 is 5.32 Å².